The Bertz CT molecular complexity index is 586. The molecule has 26 heavy (non-hydrogen) atoms. The normalized spacial score (nSPS) is 15.5. The van der Waals surface area contributed by atoms with Crippen LogP contribution in [-0.4, -0.2) is 46.3 Å². The lowest BCUT2D eigenvalue weighted by Crippen LogP contribution is -2.33. The van der Waals surface area contributed by atoms with E-state index in [4.69, 9.17) is 24.0 Å². The first-order valence-corrected chi connectivity index (χ1v) is 8.71. The standard InChI is InChI=1S/C19H26O7/c1-22-11-12-25-26-19(21)16(13-7-4-5-8-13)18(20)17-14(23-2)9-6-10-15(17)24-3/h6,9-10,13,16H,4-5,7-8,11-12H2,1-3H3. The molecule has 1 aliphatic carbocycles. The van der Waals surface area contributed by atoms with Crippen molar-refractivity contribution in [2.75, 3.05) is 34.5 Å². The summed E-state index contributed by atoms with van der Waals surface area (Å²) in [6.45, 7) is 0.390. The van der Waals surface area contributed by atoms with Gasteiger partial charge in [-0.3, -0.25) is 9.68 Å². The van der Waals surface area contributed by atoms with Crippen molar-refractivity contribution in [3.05, 3.63) is 23.8 Å². The first-order valence-electron chi connectivity index (χ1n) is 8.71. The molecule has 1 saturated carbocycles. The van der Waals surface area contributed by atoms with Crippen molar-refractivity contribution in [2.45, 2.75) is 25.7 Å². The molecule has 0 amide bonds. The van der Waals surface area contributed by atoms with E-state index in [9.17, 15) is 9.59 Å². The molecule has 7 nitrogen and oxygen atoms in total. The minimum atomic E-state index is -0.953. The van der Waals surface area contributed by atoms with Crippen molar-refractivity contribution < 1.29 is 33.6 Å². The summed E-state index contributed by atoms with van der Waals surface area (Å²) in [5, 5.41) is 0. The number of Topliss-reactive ketones (excluding diaryl/α,β-unsaturated/α-hetero) is 1. The number of carbonyl (C=O) groups is 2. The molecule has 0 spiro atoms. The van der Waals surface area contributed by atoms with Gasteiger partial charge in [-0.25, -0.2) is 4.79 Å². The third-order valence-electron chi connectivity index (χ3n) is 4.59. The second-order valence-corrected chi connectivity index (χ2v) is 6.14. The van der Waals surface area contributed by atoms with Gasteiger partial charge in [-0.05, 0) is 30.9 Å². The fraction of sp³-hybridized carbons (Fsp3) is 0.579. The average Bonchev–Trinajstić information content (AvgIpc) is 3.18. The predicted octanol–water partition coefficient (Wildman–Crippen LogP) is 2.81. The van der Waals surface area contributed by atoms with Crippen LogP contribution in [0.4, 0.5) is 0 Å². The molecule has 1 atom stereocenters. The highest BCUT2D eigenvalue weighted by Crippen LogP contribution is 2.38. The zero-order valence-electron chi connectivity index (χ0n) is 15.5. The molecule has 0 heterocycles. The van der Waals surface area contributed by atoms with Gasteiger partial charge in [0.1, 0.15) is 29.6 Å². The van der Waals surface area contributed by atoms with E-state index in [0.29, 0.717) is 11.5 Å². The maximum absolute atomic E-state index is 13.3. The number of carbonyl (C=O) groups excluding carboxylic acids is 2. The SMILES string of the molecule is COCCOOC(=O)C(C(=O)c1c(OC)cccc1OC)C1CCCC1. The van der Waals surface area contributed by atoms with Gasteiger partial charge in [0.15, 0.2) is 5.78 Å². The van der Waals surface area contributed by atoms with E-state index in [-0.39, 0.29) is 30.5 Å². The molecular weight excluding hydrogens is 340 g/mol. The lowest BCUT2D eigenvalue weighted by molar-refractivity contribution is -0.279. The van der Waals surface area contributed by atoms with Gasteiger partial charge < -0.3 is 14.2 Å². The third-order valence-corrected chi connectivity index (χ3v) is 4.59. The minimum Gasteiger partial charge on any atom is -0.496 e. The highest BCUT2D eigenvalue weighted by atomic mass is 17.2. The second kappa shape index (κ2) is 10.1. The van der Waals surface area contributed by atoms with Crippen molar-refractivity contribution in [1.82, 2.24) is 0 Å². The van der Waals surface area contributed by atoms with Crippen molar-refractivity contribution in [3.63, 3.8) is 0 Å². The van der Waals surface area contributed by atoms with E-state index in [1.165, 1.54) is 21.3 Å². The maximum atomic E-state index is 13.3. The Labute approximate surface area is 153 Å². The Morgan fingerprint density at radius 1 is 1.04 bits per heavy atom. The van der Waals surface area contributed by atoms with Gasteiger partial charge >= 0.3 is 5.97 Å². The Morgan fingerprint density at radius 2 is 1.65 bits per heavy atom. The Balaban J connectivity index is 2.27. The van der Waals surface area contributed by atoms with E-state index >= 15 is 0 Å². The lowest BCUT2D eigenvalue weighted by Gasteiger charge is -2.22. The van der Waals surface area contributed by atoms with Gasteiger partial charge in [-0.1, -0.05) is 18.9 Å². The zero-order valence-corrected chi connectivity index (χ0v) is 15.5. The molecule has 0 aliphatic heterocycles. The van der Waals surface area contributed by atoms with E-state index < -0.39 is 11.9 Å². The predicted molar refractivity (Wildman–Crippen MR) is 93.2 cm³/mol. The van der Waals surface area contributed by atoms with E-state index in [2.05, 4.69) is 0 Å². The van der Waals surface area contributed by atoms with Crippen LogP contribution >= 0.6 is 0 Å². The molecule has 0 bridgehead atoms. The summed E-state index contributed by atoms with van der Waals surface area (Å²) in [6.07, 6.45) is 3.55. The van der Waals surface area contributed by atoms with Crippen LogP contribution in [-0.2, 0) is 19.3 Å². The number of methoxy groups -OCH3 is 3. The summed E-state index contributed by atoms with van der Waals surface area (Å²) in [4.78, 5) is 35.7. The second-order valence-electron chi connectivity index (χ2n) is 6.14. The molecule has 1 fully saturated rings. The third kappa shape index (κ3) is 4.74. The van der Waals surface area contributed by atoms with Crippen LogP contribution < -0.4 is 9.47 Å². The highest BCUT2D eigenvalue weighted by Gasteiger charge is 2.40. The number of hydrogen-bond acceptors (Lipinski definition) is 7. The summed E-state index contributed by atoms with van der Waals surface area (Å²) in [5.74, 6) is -1.37. The molecule has 0 aromatic heterocycles. The highest BCUT2D eigenvalue weighted by molar-refractivity contribution is 6.11. The zero-order chi connectivity index (χ0) is 18.9. The number of ketones is 1. The van der Waals surface area contributed by atoms with E-state index in [1.54, 1.807) is 18.2 Å². The number of hydrogen-bond donors (Lipinski definition) is 0. The van der Waals surface area contributed by atoms with Gasteiger partial charge in [-0.2, -0.15) is 4.89 Å². The topological polar surface area (TPSA) is 80.3 Å². The van der Waals surface area contributed by atoms with Gasteiger partial charge in [0.2, 0.25) is 0 Å². The number of rotatable bonds is 10. The van der Waals surface area contributed by atoms with Crippen molar-refractivity contribution >= 4 is 11.8 Å². The quantitative estimate of drug-likeness (QED) is 0.207. The molecule has 1 unspecified atom stereocenters. The van der Waals surface area contributed by atoms with Crippen molar-refractivity contribution in [2.24, 2.45) is 11.8 Å². The summed E-state index contributed by atoms with van der Waals surface area (Å²) >= 11 is 0. The Kier molecular flexibility index (Phi) is 7.87. The largest absolute Gasteiger partial charge is 0.496 e. The van der Waals surface area contributed by atoms with Crippen LogP contribution in [0.2, 0.25) is 0 Å². The summed E-state index contributed by atoms with van der Waals surface area (Å²) < 4.78 is 15.5. The smallest absolute Gasteiger partial charge is 0.353 e. The molecule has 7 heteroatoms. The summed E-state index contributed by atoms with van der Waals surface area (Å²) in [6, 6.07) is 5.06. The molecule has 2 rings (SSSR count). The molecule has 1 aliphatic rings. The molecule has 0 saturated heterocycles. The van der Waals surface area contributed by atoms with Gasteiger partial charge in [0.25, 0.3) is 0 Å². The minimum absolute atomic E-state index is 0.0874. The first kappa shape index (κ1) is 20.2. The van der Waals surface area contributed by atoms with E-state index in [0.717, 1.165) is 25.7 Å². The summed E-state index contributed by atoms with van der Waals surface area (Å²) in [5.41, 5.74) is 0.253. The average molecular weight is 366 g/mol. The maximum Gasteiger partial charge on any atom is 0.353 e. The van der Waals surface area contributed by atoms with Crippen LogP contribution in [0.25, 0.3) is 0 Å². The van der Waals surface area contributed by atoms with Crippen LogP contribution in [0, 0.1) is 11.8 Å². The van der Waals surface area contributed by atoms with Crippen molar-refractivity contribution in [3.8, 4) is 11.5 Å². The van der Waals surface area contributed by atoms with Gasteiger partial charge in [0, 0.05) is 7.11 Å². The molecule has 144 valence electrons. The fourth-order valence-corrected chi connectivity index (χ4v) is 3.32. The monoisotopic (exact) mass is 366 g/mol. The van der Waals surface area contributed by atoms with Crippen LogP contribution in [0.1, 0.15) is 36.0 Å². The number of ether oxygens (including phenoxy) is 3. The summed E-state index contributed by atoms with van der Waals surface area (Å²) in [7, 11) is 4.47. The lowest BCUT2D eigenvalue weighted by atomic mass is 9.84. The van der Waals surface area contributed by atoms with Crippen LogP contribution in [0.3, 0.4) is 0 Å². The van der Waals surface area contributed by atoms with E-state index in [1.807, 2.05) is 0 Å². The molecule has 1 aromatic carbocycles. The number of benzene rings is 1. The van der Waals surface area contributed by atoms with Crippen LogP contribution in [0.5, 0.6) is 11.5 Å². The fourth-order valence-electron chi connectivity index (χ4n) is 3.32. The van der Waals surface area contributed by atoms with Crippen molar-refractivity contribution in [1.29, 1.82) is 0 Å². The molecule has 1 aromatic rings. The van der Waals surface area contributed by atoms with Gasteiger partial charge in [-0.15, -0.1) is 0 Å². The van der Waals surface area contributed by atoms with Crippen LogP contribution in [0.15, 0.2) is 18.2 Å². The molecule has 0 radical (unpaired) electrons. The van der Waals surface area contributed by atoms with Gasteiger partial charge in [0.05, 0.1) is 20.8 Å². The first-order chi connectivity index (χ1) is 12.6. The molecule has 0 N–H and O–H groups in total. The Morgan fingerprint density at radius 3 is 2.19 bits per heavy atom. The molecular formula is C19H26O7. The Hall–Kier alpha value is -2.12.